The van der Waals surface area contributed by atoms with Crippen LogP contribution in [0.2, 0.25) is 0 Å². The summed E-state index contributed by atoms with van der Waals surface area (Å²) in [5.74, 6) is 0. The molecule has 0 heterocycles. The highest BCUT2D eigenvalue weighted by molar-refractivity contribution is 5.79. The molecule has 0 aliphatic carbocycles. The number of ether oxygens (including phenoxy) is 1. The first-order chi connectivity index (χ1) is 6.60. The van der Waals surface area contributed by atoms with Crippen LogP contribution < -0.4 is 5.32 Å². The SMILES string of the molecule is C=C(C)C(C)(C=O)NC(=O)OC(C)(C)C. The Balaban J connectivity index is 4.52. The summed E-state index contributed by atoms with van der Waals surface area (Å²) in [6, 6.07) is 0. The third-order valence-corrected chi connectivity index (χ3v) is 1.88. The van der Waals surface area contributed by atoms with E-state index in [0.29, 0.717) is 11.9 Å². The summed E-state index contributed by atoms with van der Waals surface area (Å²) in [6.07, 6.45) is 0.0132. The van der Waals surface area contributed by atoms with Crippen LogP contribution in [0.3, 0.4) is 0 Å². The molecule has 0 saturated carbocycles. The second kappa shape index (κ2) is 4.47. The predicted molar refractivity (Wildman–Crippen MR) is 58.7 cm³/mol. The van der Waals surface area contributed by atoms with Gasteiger partial charge in [0.2, 0.25) is 0 Å². The van der Waals surface area contributed by atoms with Crippen molar-refractivity contribution >= 4 is 12.4 Å². The topological polar surface area (TPSA) is 55.4 Å². The lowest BCUT2D eigenvalue weighted by Crippen LogP contribution is -2.49. The highest BCUT2D eigenvalue weighted by atomic mass is 16.6. The Kier molecular flexibility index (Phi) is 4.07. The van der Waals surface area contributed by atoms with Crippen LogP contribution in [-0.2, 0) is 9.53 Å². The average Bonchev–Trinajstić information content (AvgIpc) is 1.99. The molecule has 0 fully saturated rings. The maximum Gasteiger partial charge on any atom is 0.408 e. The third kappa shape index (κ3) is 4.63. The second-order valence-electron chi connectivity index (χ2n) is 4.73. The first kappa shape index (κ1) is 13.7. The Bertz CT molecular complexity index is 278. The molecule has 0 aromatic rings. The van der Waals surface area contributed by atoms with Crippen LogP contribution in [0.1, 0.15) is 34.6 Å². The van der Waals surface area contributed by atoms with Gasteiger partial charge in [-0.15, -0.1) is 0 Å². The van der Waals surface area contributed by atoms with Crippen molar-refractivity contribution in [2.45, 2.75) is 45.8 Å². The molecule has 0 aliphatic heterocycles. The molecule has 1 amide bonds. The minimum atomic E-state index is -1.07. The van der Waals surface area contributed by atoms with E-state index in [1.54, 1.807) is 34.6 Å². The van der Waals surface area contributed by atoms with Crippen LogP contribution in [0.5, 0.6) is 0 Å². The van der Waals surface area contributed by atoms with E-state index < -0.39 is 17.2 Å². The molecule has 4 heteroatoms. The monoisotopic (exact) mass is 213 g/mol. The smallest absolute Gasteiger partial charge is 0.408 e. The zero-order chi connectivity index (χ0) is 12.3. The fourth-order valence-electron chi connectivity index (χ4n) is 0.752. The lowest BCUT2D eigenvalue weighted by Gasteiger charge is -2.27. The van der Waals surface area contributed by atoms with Gasteiger partial charge in [-0.3, -0.25) is 0 Å². The van der Waals surface area contributed by atoms with Gasteiger partial charge in [-0.05, 0) is 40.2 Å². The Morgan fingerprint density at radius 1 is 1.33 bits per heavy atom. The fraction of sp³-hybridized carbons (Fsp3) is 0.636. The molecule has 0 saturated heterocycles. The molecule has 86 valence electrons. The van der Waals surface area contributed by atoms with Crippen molar-refractivity contribution in [1.29, 1.82) is 0 Å². The highest BCUT2D eigenvalue weighted by Crippen LogP contribution is 2.13. The van der Waals surface area contributed by atoms with Crippen molar-refractivity contribution in [2.75, 3.05) is 0 Å². The summed E-state index contributed by atoms with van der Waals surface area (Å²) in [5.41, 5.74) is -1.09. The summed E-state index contributed by atoms with van der Waals surface area (Å²) in [6.45, 7) is 12.2. The third-order valence-electron chi connectivity index (χ3n) is 1.88. The molecule has 0 rings (SSSR count). The number of nitrogens with one attached hydrogen (secondary N) is 1. The van der Waals surface area contributed by atoms with E-state index in [0.717, 1.165) is 0 Å². The molecule has 15 heavy (non-hydrogen) atoms. The quantitative estimate of drug-likeness (QED) is 0.576. The maximum absolute atomic E-state index is 11.4. The molecular formula is C11H19NO3. The second-order valence-corrected chi connectivity index (χ2v) is 4.73. The summed E-state index contributed by atoms with van der Waals surface area (Å²) >= 11 is 0. The molecule has 0 radical (unpaired) electrons. The Morgan fingerprint density at radius 2 is 1.80 bits per heavy atom. The first-order valence-corrected chi connectivity index (χ1v) is 4.74. The summed E-state index contributed by atoms with van der Waals surface area (Å²) in [5, 5.41) is 2.47. The summed E-state index contributed by atoms with van der Waals surface area (Å²) in [7, 11) is 0. The van der Waals surface area contributed by atoms with Crippen molar-refractivity contribution in [2.24, 2.45) is 0 Å². The summed E-state index contributed by atoms with van der Waals surface area (Å²) < 4.78 is 5.04. The first-order valence-electron chi connectivity index (χ1n) is 4.74. The van der Waals surface area contributed by atoms with E-state index in [2.05, 4.69) is 11.9 Å². The molecule has 0 aromatic carbocycles. The van der Waals surface area contributed by atoms with Gasteiger partial charge in [0.25, 0.3) is 0 Å². The van der Waals surface area contributed by atoms with Gasteiger partial charge in [0.15, 0.2) is 0 Å². The lowest BCUT2D eigenvalue weighted by molar-refractivity contribution is -0.111. The van der Waals surface area contributed by atoms with Crippen LogP contribution in [0, 0.1) is 0 Å². The summed E-state index contributed by atoms with van der Waals surface area (Å²) in [4.78, 5) is 22.2. The molecule has 4 nitrogen and oxygen atoms in total. The molecule has 0 aliphatic rings. The van der Waals surface area contributed by atoms with Crippen molar-refractivity contribution in [3.63, 3.8) is 0 Å². The van der Waals surface area contributed by atoms with Crippen LogP contribution in [0.15, 0.2) is 12.2 Å². The van der Waals surface area contributed by atoms with Gasteiger partial charge in [-0.25, -0.2) is 4.79 Å². The minimum Gasteiger partial charge on any atom is -0.444 e. The van der Waals surface area contributed by atoms with Gasteiger partial charge in [-0.1, -0.05) is 6.58 Å². The predicted octanol–water partition coefficient (Wildman–Crippen LogP) is 2.04. The van der Waals surface area contributed by atoms with E-state index in [-0.39, 0.29) is 0 Å². The van der Waals surface area contributed by atoms with Gasteiger partial charge in [-0.2, -0.15) is 0 Å². The molecule has 1 unspecified atom stereocenters. The van der Waals surface area contributed by atoms with Crippen LogP contribution in [0.4, 0.5) is 4.79 Å². The molecule has 0 bridgehead atoms. The van der Waals surface area contributed by atoms with E-state index in [9.17, 15) is 9.59 Å². The van der Waals surface area contributed by atoms with Crippen LogP contribution >= 0.6 is 0 Å². The van der Waals surface area contributed by atoms with E-state index >= 15 is 0 Å². The molecular weight excluding hydrogens is 194 g/mol. The standard InChI is InChI=1S/C11H19NO3/c1-8(2)11(6,7-13)12-9(14)15-10(3,4)5/h7H,1H2,2-6H3,(H,12,14). The number of aldehydes is 1. The van der Waals surface area contributed by atoms with Crippen molar-refractivity contribution in [3.8, 4) is 0 Å². The highest BCUT2D eigenvalue weighted by Gasteiger charge is 2.29. The molecule has 0 aromatic heterocycles. The van der Waals surface area contributed by atoms with E-state index in [1.165, 1.54) is 0 Å². The normalized spacial score (nSPS) is 15.0. The number of carbonyl (C=O) groups excluding carboxylic acids is 2. The maximum atomic E-state index is 11.4. The number of rotatable bonds is 3. The van der Waals surface area contributed by atoms with Gasteiger partial charge in [0.05, 0.1) is 0 Å². The van der Waals surface area contributed by atoms with Crippen molar-refractivity contribution in [3.05, 3.63) is 12.2 Å². The van der Waals surface area contributed by atoms with Crippen LogP contribution in [0.25, 0.3) is 0 Å². The number of carbonyl (C=O) groups is 2. The number of alkyl carbamates (subject to hydrolysis) is 1. The van der Waals surface area contributed by atoms with Crippen molar-refractivity contribution in [1.82, 2.24) is 5.32 Å². The molecule has 1 atom stereocenters. The molecule has 0 spiro atoms. The lowest BCUT2D eigenvalue weighted by atomic mass is 9.97. The zero-order valence-electron chi connectivity index (χ0n) is 10.0. The Morgan fingerprint density at radius 3 is 2.07 bits per heavy atom. The van der Waals surface area contributed by atoms with Crippen LogP contribution in [-0.4, -0.2) is 23.5 Å². The Hall–Kier alpha value is -1.32. The van der Waals surface area contributed by atoms with Gasteiger partial charge >= 0.3 is 6.09 Å². The van der Waals surface area contributed by atoms with E-state index in [1.807, 2.05) is 0 Å². The fourth-order valence-corrected chi connectivity index (χ4v) is 0.752. The van der Waals surface area contributed by atoms with Crippen molar-refractivity contribution < 1.29 is 14.3 Å². The number of hydrogen-bond donors (Lipinski definition) is 1. The average molecular weight is 213 g/mol. The molecule has 1 N–H and O–H groups in total. The minimum absolute atomic E-state index is 0.559. The number of hydrogen-bond acceptors (Lipinski definition) is 3. The largest absolute Gasteiger partial charge is 0.444 e. The zero-order valence-corrected chi connectivity index (χ0v) is 10.0. The van der Waals surface area contributed by atoms with E-state index in [4.69, 9.17) is 4.74 Å². The van der Waals surface area contributed by atoms with Gasteiger partial charge in [0, 0.05) is 0 Å². The van der Waals surface area contributed by atoms with Gasteiger partial charge in [0.1, 0.15) is 17.4 Å². The van der Waals surface area contributed by atoms with Gasteiger partial charge < -0.3 is 14.8 Å². The Labute approximate surface area is 90.7 Å². The number of amides is 1.